The Morgan fingerprint density at radius 3 is 2.50 bits per heavy atom. The Morgan fingerprint density at radius 2 is 1.83 bits per heavy atom. The van der Waals surface area contributed by atoms with E-state index in [1.807, 2.05) is 24.3 Å². The fraction of sp³-hybridized carbons (Fsp3) is 0.100. The Kier molecular flexibility index (Phi) is 1.70. The minimum absolute atomic E-state index is 0.376. The topological polar surface area (TPSA) is 20.2 Å². The summed E-state index contributed by atoms with van der Waals surface area (Å²) in [5.41, 5.74) is 0. The lowest BCUT2D eigenvalue weighted by Gasteiger charge is -1.94. The van der Waals surface area contributed by atoms with Gasteiger partial charge in [-0.1, -0.05) is 18.2 Å². The standard InChI is InChI=1S/C10H8OS/c1-7-8-4-2-3-5-9(8)10(11)6-12-7/h2-6H,1H3/p+1. The van der Waals surface area contributed by atoms with Gasteiger partial charge in [0.1, 0.15) is 0 Å². The van der Waals surface area contributed by atoms with Crippen LogP contribution in [-0.2, 0) is 0 Å². The zero-order valence-electron chi connectivity index (χ0n) is 6.74. The Balaban J connectivity index is 2.95. The Bertz CT molecular complexity index is 383. The average molecular weight is 177 g/mol. The molecule has 0 aliphatic heterocycles. The predicted molar refractivity (Wildman–Crippen MR) is 52.6 cm³/mol. The van der Waals surface area contributed by atoms with Gasteiger partial charge in [0.2, 0.25) is 21.6 Å². The van der Waals surface area contributed by atoms with E-state index in [2.05, 4.69) is 6.92 Å². The van der Waals surface area contributed by atoms with Gasteiger partial charge in [0.05, 0.1) is 0 Å². The highest BCUT2D eigenvalue weighted by Crippen LogP contribution is 2.29. The number of aromatic hydroxyl groups is 1. The van der Waals surface area contributed by atoms with Gasteiger partial charge < -0.3 is 5.11 Å². The van der Waals surface area contributed by atoms with E-state index in [-0.39, 0.29) is 0 Å². The second-order valence-electron chi connectivity index (χ2n) is 2.72. The molecule has 0 unspecified atom stereocenters. The molecule has 0 saturated carbocycles. The number of hydrogen-bond donors (Lipinski definition) is 1. The molecule has 1 N–H and O–H groups in total. The minimum Gasteiger partial charge on any atom is -0.503 e. The van der Waals surface area contributed by atoms with Gasteiger partial charge in [0.15, 0.2) is 5.75 Å². The molecule has 0 fully saturated rings. The van der Waals surface area contributed by atoms with Gasteiger partial charge >= 0.3 is 0 Å². The van der Waals surface area contributed by atoms with Crippen molar-refractivity contribution in [3.8, 4) is 5.75 Å². The van der Waals surface area contributed by atoms with Gasteiger partial charge in [0, 0.05) is 17.7 Å². The molecule has 1 nitrogen and oxygen atoms in total. The lowest BCUT2D eigenvalue weighted by atomic mass is 10.1. The predicted octanol–water partition coefficient (Wildman–Crippen LogP) is 3.20. The van der Waals surface area contributed by atoms with Crippen LogP contribution in [0.5, 0.6) is 5.75 Å². The summed E-state index contributed by atoms with van der Waals surface area (Å²) in [5, 5.41) is 13.4. The summed E-state index contributed by atoms with van der Waals surface area (Å²) < 4.78 is 0. The average Bonchev–Trinajstić information content (AvgIpc) is 2.12. The molecule has 0 amide bonds. The molecule has 0 atom stereocenters. The van der Waals surface area contributed by atoms with E-state index in [9.17, 15) is 5.11 Å². The molecule has 0 radical (unpaired) electrons. The van der Waals surface area contributed by atoms with Crippen molar-refractivity contribution in [3.05, 3.63) is 34.5 Å². The maximum absolute atomic E-state index is 9.51. The van der Waals surface area contributed by atoms with Crippen molar-refractivity contribution in [1.82, 2.24) is 0 Å². The number of fused-ring (bicyclic) bond motifs is 1. The second-order valence-corrected chi connectivity index (χ2v) is 3.81. The molecule has 12 heavy (non-hydrogen) atoms. The number of hydrogen-bond acceptors (Lipinski definition) is 1. The van der Waals surface area contributed by atoms with Crippen molar-refractivity contribution in [3.63, 3.8) is 0 Å². The van der Waals surface area contributed by atoms with Crippen LogP contribution in [0.2, 0.25) is 0 Å². The SMILES string of the molecule is Cc1[s+]cc(O)c2ccccc12. The molecule has 2 heteroatoms. The Hall–Kier alpha value is -1.15. The first-order valence-electron chi connectivity index (χ1n) is 3.78. The maximum Gasteiger partial charge on any atom is 0.238 e. The molecule has 0 aliphatic rings. The number of rotatable bonds is 0. The Morgan fingerprint density at radius 1 is 1.17 bits per heavy atom. The highest BCUT2D eigenvalue weighted by Gasteiger charge is 2.09. The van der Waals surface area contributed by atoms with Crippen molar-refractivity contribution >= 4 is 22.1 Å². The van der Waals surface area contributed by atoms with E-state index < -0.39 is 0 Å². The normalized spacial score (nSPS) is 10.4. The van der Waals surface area contributed by atoms with E-state index in [4.69, 9.17) is 0 Å². The summed E-state index contributed by atoms with van der Waals surface area (Å²) in [6.07, 6.45) is 0. The molecule has 0 saturated heterocycles. The highest BCUT2D eigenvalue weighted by molar-refractivity contribution is 7.10. The molecular weight excluding hydrogens is 168 g/mol. The van der Waals surface area contributed by atoms with Crippen molar-refractivity contribution in [1.29, 1.82) is 0 Å². The zero-order chi connectivity index (χ0) is 8.55. The van der Waals surface area contributed by atoms with Crippen LogP contribution < -0.4 is 0 Å². The molecular formula is C10H9OS+. The fourth-order valence-corrected chi connectivity index (χ4v) is 2.00. The molecule has 0 bridgehead atoms. The lowest BCUT2D eigenvalue weighted by molar-refractivity contribution is 0.483. The summed E-state index contributed by atoms with van der Waals surface area (Å²) in [7, 11) is 0. The van der Waals surface area contributed by atoms with Gasteiger partial charge in [-0.25, -0.2) is 0 Å². The van der Waals surface area contributed by atoms with Crippen molar-refractivity contribution in [2.75, 3.05) is 0 Å². The van der Waals surface area contributed by atoms with E-state index in [0.717, 1.165) is 10.8 Å². The van der Waals surface area contributed by atoms with Gasteiger partial charge in [-0.05, 0) is 6.07 Å². The van der Waals surface area contributed by atoms with Crippen LogP contribution in [0.4, 0.5) is 0 Å². The maximum atomic E-state index is 9.51. The number of benzene rings is 1. The second kappa shape index (κ2) is 2.72. The van der Waals surface area contributed by atoms with Gasteiger partial charge in [-0.2, -0.15) is 0 Å². The van der Waals surface area contributed by atoms with Crippen LogP contribution in [0.1, 0.15) is 4.88 Å². The third-order valence-electron chi connectivity index (χ3n) is 1.93. The monoisotopic (exact) mass is 177 g/mol. The van der Waals surface area contributed by atoms with E-state index in [1.54, 1.807) is 16.7 Å². The van der Waals surface area contributed by atoms with Crippen molar-refractivity contribution in [2.45, 2.75) is 6.92 Å². The quantitative estimate of drug-likeness (QED) is 0.613. The van der Waals surface area contributed by atoms with E-state index >= 15 is 0 Å². The molecule has 60 valence electrons. The van der Waals surface area contributed by atoms with Crippen molar-refractivity contribution < 1.29 is 5.11 Å². The van der Waals surface area contributed by atoms with Gasteiger partial charge in [-0.15, -0.1) is 0 Å². The molecule has 1 heterocycles. The van der Waals surface area contributed by atoms with Crippen molar-refractivity contribution in [2.24, 2.45) is 0 Å². The molecule has 1 aromatic heterocycles. The largest absolute Gasteiger partial charge is 0.503 e. The van der Waals surface area contributed by atoms with E-state index in [0.29, 0.717) is 5.75 Å². The van der Waals surface area contributed by atoms with Crippen LogP contribution in [0.15, 0.2) is 29.6 Å². The van der Waals surface area contributed by atoms with Crippen LogP contribution in [0.3, 0.4) is 0 Å². The fourth-order valence-electron chi connectivity index (χ4n) is 1.28. The number of aryl methyl sites for hydroxylation is 1. The third kappa shape index (κ3) is 1.04. The first-order chi connectivity index (χ1) is 5.79. The molecule has 1 aromatic carbocycles. The smallest absolute Gasteiger partial charge is 0.238 e. The van der Waals surface area contributed by atoms with Crippen LogP contribution in [-0.4, -0.2) is 5.11 Å². The Labute approximate surface area is 74.9 Å². The van der Waals surface area contributed by atoms with Gasteiger partial charge in [0.25, 0.3) is 0 Å². The summed E-state index contributed by atoms with van der Waals surface area (Å²) in [6.45, 7) is 2.06. The highest BCUT2D eigenvalue weighted by atomic mass is 32.1. The summed E-state index contributed by atoms with van der Waals surface area (Å²) >= 11 is 1.57. The van der Waals surface area contributed by atoms with Crippen LogP contribution in [0.25, 0.3) is 10.8 Å². The third-order valence-corrected chi connectivity index (χ3v) is 2.84. The summed E-state index contributed by atoms with van der Waals surface area (Å²) in [4.78, 5) is 1.24. The molecule has 2 rings (SSSR count). The first kappa shape index (κ1) is 7.50. The molecule has 0 aliphatic carbocycles. The lowest BCUT2D eigenvalue weighted by Crippen LogP contribution is -1.74. The summed E-state index contributed by atoms with van der Waals surface area (Å²) in [5.74, 6) is 0.376. The van der Waals surface area contributed by atoms with Crippen LogP contribution >= 0.6 is 11.3 Å². The van der Waals surface area contributed by atoms with Crippen LogP contribution in [0, 0.1) is 6.92 Å². The zero-order valence-corrected chi connectivity index (χ0v) is 7.56. The van der Waals surface area contributed by atoms with E-state index in [1.165, 1.54) is 4.88 Å². The molecule has 2 aromatic rings. The molecule has 0 spiro atoms. The summed E-state index contributed by atoms with van der Waals surface area (Å²) in [6, 6.07) is 7.89. The van der Waals surface area contributed by atoms with Gasteiger partial charge in [-0.3, -0.25) is 0 Å². The first-order valence-corrected chi connectivity index (χ1v) is 4.66. The minimum atomic E-state index is 0.376.